The molecule has 1 aliphatic rings. The van der Waals surface area contributed by atoms with Gasteiger partial charge < -0.3 is 4.42 Å². The van der Waals surface area contributed by atoms with Crippen LogP contribution in [0.3, 0.4) is 0 Å². The van der Waals surface area contributed by atoms with Crippen LogP contribution in [-0.2, 0) is 5.41 Å². The molecule has 13 rings (SSSR count). The number of benzene rings is 9. The van der Waals surface area contributed by atoms with Crippen molar-refractivity contribution >= 4 is 86.8 Å². The second kappa shape index (κ2) is 10.9. The van der Waals surface area contributed by atoms with Crippen LogP contribution in [0.2, 0.25) is 0 Å². The van der Waals surface area contributed by atoms with Gasteiger partial charge in [-0.1, -0.05) is 159 Å². The number of hydrogen-bond acceptors (Lipinski definition) is 3. The first-order chi connectivity index (χ1) is 28.1. The lowest BCUT2D eigenvalue weighted by Crippen LogP contribution is -2.18. The minimum Gasteiger partial charge on any atom is -0.456 e. The molecule has 0 atom stereocenters. The molecule has 0 radical (unpaired) electrons. The molecule has 0 aliphatic heterocycles. The Kier molecular flexibility index (Phi) is 5.94. The predicted molar refractivity (Wildman–Crippen MR) is 237 cm³/mol. The number of para-hydroxylation sites is 1. The van der Waals surface area contributed by atoms with Gasteiger partial charge in [-0.25, -0.2) is 9.97 Å². The molecule has 4 nitrogen and oxygen atoms in total. The molecule has 0 unspecified atom stereocenters. The van der Waals surface area contributed by atoms with Crippen LogP contribution in [0, 0.1) is 0 Å². The van der Waals surface area contributed by atoms with Crippen LogP contribution in [-0.4, -0.2) is 14.5 Å². The molecule has 0 N–H and O–H groups in total. The van der Waals surface area contributed by atoms with Gasteiger partial charge in [0.25, 0.3) is 0 Å². The first-order valence-electron chi connectivity index (χ1n) is 19.7. The summed E-state index contributed by atoms with van der Waals surface area (Å²) in [4.78, 5) is 11.5. The lowest BCUT2D eigenvalue weighted by molar-refractivity contribution is 0.656. The molecule has 3 heterocycles. The van der Waals surface area contributed by atoms with Crippen molar-refractivity contribution in [3.63, 3.8) is 0 Å². The van der Waals surface area contributed by atoms with Crippen LogP contribution in [0.25, 0.3) is 115 Å². The van der Waals surface area contributed by atoms with Crippen LogP contribution in [0.1, 0.15) is 25.0 Å². The Morgan fingerprint density at radius 3 is 1.82 bits per heavy atom. The Balaban J connectivity index is 1.25. The number of nitrogens with zero attached hydrogens (tertiary/aromatic N) is 3. The van der Waals surface area contributed by atoms with Gasteiger partial charge in [-0.3, -0.25) is 4.57 Å². The first kappa shape index (κ1) is 31.0. The average Bonchev–Trinajstić information content (AvgIpc) is 3.89. The van der Waals surface area contributed by atoms with Crippen LogP contribution in [0.4, 0.5) is 0 Å². The summed E-state index contributed by atoms with van der Waals surface area (Å²) in [5.41, 5.74) is 10.1. The van der Waals surface area contributed by atoms with Crippen molar-refractivity contribution in [1.29, 1.82) is 0 Å². The van der Waals surface area contributed by atoms with Gasteiger partial charge in [-0.2, -0.15) is 0 Å². The minimum atomic E-state index is -0.342. The van der Waals surface area contributed by atoms with Crippen LogP contribution < -0.4 is 0 Å². The third-order valence-corrected chi connectivity index (χ3v) is 12.8. The second-order valence-electron chi connectivity index (χ2n) is 16.0. The summed E-state index contributed by atoms with van der Waals surface area (Å²) < 4.78 is 8.82. The molecule has 0 saturated carbocycles. The van der Waals surface area contributed by atoms with E-state index < -0.39 is 0 Å². The summed E-state index contributed by atoms with van der Waals surface area (Å²) in [5, 5.41) is 14.4. The number of hydrogen-bond donors (Lipinski definition) is 0. The van der Waals surface area contributed by atoms with Crippen LogP contribution in [0.5, 0.6) is 0 Å². The van der Waals surface area contributed by atoms with E-state index in [0.29, 0.717) is 5.95 Å². The number of rotatable bonds is 2. The van der Waals surface area contributed by atoms with Crippen LogP contribution >= 0.6 is 0 Å². The average molecular weight is 728 g/mol. The summed E-state index contributed by atoms with van der Waals surface area (Å²) in [6, 6.07) is 59.0. The van der Waals surface area contributed by atoms with E-state index in [1.54, 1.807) is 0 Å². The van der Waals surface area contributed by atoms with Gasteiger partial charge in [0.05, 0.1) is 22.4 Å². The highest BCUT2D eigenvalue weighted by molar-refractivity contribution is 6.36. The maximum Gasteiger partial charge on any atom is 0.235 e. The standard InChI is InChI=1S/C53H33N3O/c1-53(2)41-23-11-9-20-37(41)49-48(53)50(39-22-13-25-44-45(39)38-21-10-12-24-43(38)57-44)55-52(54-49)56-42-29-28-36-34-18-6-5-16-32(34)33-17-7-8-19-35(33)46(36)47(42)40-27-26-30-14-3-4-15-31(30)51(40)56/h3-29H,1-2H3. The van der Waals surface area contributed by atoms with Crippen molar-refractivity contribution in [2.24, 2.45) is 0 Å². The van der Waals surface area contributed by atoms with Crippen LogP contribution in [0.15, 0.2) is 168 Å². The molecule has 9 aromatic carbocycles. The SMILES string of the molecule is CC1(C)c2ccccc2-c2nc(-n3c4ccc5c6ccccc6c6ccccc6c5c4c4ccc5ccccc5c43)nc(-c3cccc4oc5ccccc5c34)c21. The quantitative estimate of drug-likeness (QED) is 0.167. The Morgan fingerprint density at radius 1 is 0.439 bits per heavy atom. The number of furan rings is 1. The third kappa shape index (κ3) is 3.96. The Morgan fingerprint density at radius 2 is 1.02 bits per heavy atom. The molecule has 3 aromatic heterocycles. The highest BCUT2D eigenvalue weighted by Gasteiger charge is 2.41. The highest BCUT2D eigenvalue weighted by Crippen LogP contribution is 2.53. The lowest BCUT2D eigenvalue weighted by Gasteiger charge is -2.24. The fourth-order valence-electron chi connectivity index (χ4n) is 10.3. The zero-order chi connectivity index (χ0) is 37.6. The predicted octanol–water partition coefficient (Wildman–Crippen LogP) is 14.1. The van der Waals surface area contributed by atoms with E-state index in [1.165, 1.54) is 59.4 Å². The molecule has 57 heavy (non-hydrogen) atoms. The van der Waals surface area contributed by atoms with Crippen molar-refractivity contribution in [3.8, 4) is 28.5 Å². The molecule has 0 amide bonds. The summed E-state index contributed by atoms with van der Waals surface area (Å²) in [5.74, 6) is 0.654. The smallest absolute Gasteiger partial charge is 0.235 e. The van der Waals surface area contributed by atoms with E-state index in [4.69, 9.17) is 14.4 Å². The Bertz CT molecular complexity index is 3700. The van der Waals surface area contributed by atoms with Gasteiger partial charge in [0.2, 0.25) is 5.95 Å². The third-order valence-electron chi connectivity index (χ3n) is 12.8. The summed E-state index contributed by atoms with van der Waals surface area (Å²) in [6.45, 7) is 4.63. The zero-order valence-electron chi connectivity index (χ0n) is 31.3. The maximum absolute atomic E-state index is 6.47. The normalized spacial score (nSPS) is 13.6. The molecule has 12 aromatic rings. The largest absolute Gasteiger partial charge is 0.456 e. The number of aromatic nitrogens is 3. The van der Waals surface area contributed by atoms with E-state index in [2.05, 4.69) is 176 Å². The maximum atomic E-state index is 6.47. The molecule has 1 aliphatic carbocycles. The molecular formula is C53H33N3O. The molecule has 0 saturated heterocycles. The van der Waals surface area contributed by atoms with Gasteiger partial charge in [0.1, 0.15) is 11.2 Å². The van der Waals surface area contributed by atoms with Gasteiger partial charge in [-0.05, 0) is 56.1 Å². The topological polar surface area (TPSA) is 43.9 Å². The summed E-state index contributed by atoms with van der Waals surface area (Å²) in [7, 11) is 0. The molecule has 0 bridgehead atoms. The minimum absolute atomic E-state index is 0.342. The first-order valence-corrected chi connectivity index (χ1v) is 19.7. The van der Waals surface area contributed by atoms with Gasteiger partial charge in [0.15, 0.2) is 0 Å². The summed E-state index contributed by atoms with van der Waals surface area (Å²) in [6.07, 6.45) is 0. The molecule has 266 valence electrons. The van der Waals surface area contributed by atoms with Gasteiger partial charge >= 0.3 is 0 Å². The molecule has 0 spiro atoms. The molecule has 0 fully saturated rings. The Labute approximate surface area is 327 Å². The van der Waals surface area contributed by atoms with Gasteiger partial charge in [-0.15, -0.1) is 0 Å². The summed E-state index contributed by atoms with van der Waals surface area (Å²) >= 11 is 0. The fraction of sp³-hybridized carbons (Fsp3) is 0.0566. The molecular weight excluding hydrogens is 695 g/mol. The Hall–Kier alpha value is -7.30. The highest BCUT2D eigenvalue weighted by atomic mass is 16.3. The van der Waals surface area contributed by atoms with Gasteiger partial charge in [0, 0.05) is 54.4 Å². The van der Waals surface area contributed by atoms with E-state index in [9.17, 15) is 0 Å². The fourth-order valence-corrected chi connectivity index (χ4v) is 10.3. The van der Waals surface area contributed by atoms with Crippen molar-refractivity contribution in [1.82, 2.24) is 14.5 Å². The van der Waals surface area contributed by atoms with Crippen molar-refractivity contribution < 1.29 is 4.42 Å². The lowest BCUT2D eigenvalue weighted by atomic mass is 9.80. The van der Waals surface area contributed by atoms with E-state index in [-0.39, 0.29) is 5.41 Å². The van der Waals surface area contributed by atoms with Crippen molar-refractivity contribution in [2.75, 3.05) is 0 Å². The number of fused-ring (bicyclic) bond motifs is 18. The second-order valence-corrected chi connectivity index (χ2v) is 16.0. The zero-order valence-corrected chi connectivity index (χ0v) is 31.3. The van der Waals surface area contributed by atoms with E-state index >= 15 is 0 Å². The van der Waals surface area contributed by atoms with E-state index in [1.807, 2.05) is 6.07 Å². The molecule has 4 heteroatoms. The van der Waals surface area contributed by atoms with Crippen molar-refractivity contribution in [3.05, 3.63) is 175 Å². The van der Waals surface area contributed by atoms with E-state index in [0.717, 1.165) is 61.1 Å². The monoisotopic (exact) mass is 727 g/mol. The van der Waals surface area contributed by atoms with Crippen molar-refractivity contribution in [2.45, 2.75) is 19.3 Å².